The van der Waals surface area contributed by atoms with Crippen LogP contribution >= 0.6 is 0 Å². The van der Waals surface area contributed by atoms with Crippen molar-refractivity contribution in [1.29, 1.82) is 0 Å². The highest BCUT2D eigenvalue weighted by molar-refractivity contribution is 5.76. The molecule has 0 bridgehead atoms. The van der Waals surface area contributed by atoms with Crippen LogP contribution in [0.2, 0.25) is 0 Å². The summed E-state index contributed by atoms with van der Waals surface area (Å²) in [6.45, 7) is 3.45. The highest BCUT2D eigenvalue weighted by Gasteiger charge is 2.12. The molecule has 0 fully saturated rings. The predicted octanol–water partition coefficient (Wildman–Crippen LogP) is 2.70. The number of nitrogens with two attached hydrogens (primary N) is 1. The molecule has 24 heavy (non-hydrogen) atoms. The number of pyridine rings is 1. The van der Waals surface area contributed by atoms with E-state index in [0.717, 1.165) is 18.5 Å². The van der Waals surface area contributed by atoms with Crippen molar-refractivity contribution in [1.82, 2.24) is 9.88 Å². The number of ether oxygens (including phenoxy) is 1. The average Bonchev–Trinajstić information content (AvgIpc) is 2.61. The van der Waals surface area contributed by atoms with Gasteiger partial charge in [-0.15, -0.1) is 0 Å². The summed E-state index contributed by atoms with van der Waals surface area (Å²) >= 11 is 0. The summed E-state index contributed by atoms with van der Waals surface area (Å²) < 4.78 is 5.15. The lowest BCUT2D eigenvalue weighted by Gasteiger charge is -2.21. The number of rotatable bonds is 8. The Labute approximate surface area is 143 Å². The number of aryl methyl sites for hydroxylation is 1. The molecule has 5 heteroatoms. The van der Waals surface area contributed by atoms with Crippen LogP contribution in [0, 0.1) is 0 Å². The van der Waals surface area contributed by atoms with Gasteiger partial charge in [0.1, 0.15) is 5.75 Å². The van der Waals surface area contributed by atoms with E-state index in [4.69, 9.17) is 10.5 Å². The van der Waals surface area contributed by atoms with Crippen LogP contribution in [0.5, 0.6) is 5.75 Å². The van der Waals surface area contributed by atoms with E-state index in [0.29, 0.717) is 30.8 Å². The summed E-state index contributed by atoms with van der Waals surface area (Å²) in [5.41, 5.74) is 8.76. The number of carbonyl (C=O) groups excluding carboxylic acids is 1. The molecule has 2 rings (SSSR count). The molecule has 1 heterocycles. The van der Waals surface area contributed by atoms with E-state index in [1.165, 1.54) is 5.56 Å². The molecule has 0 saturated carbocycles. The molecular weight excluding hydrogens is 302 g/mol. The first-order valence-electron chi connectivity index (χ1n) is 8.23. The summed E-state index contributed by atoms with van der Waals surface area (Å²) in [7, 11) is 1.59. The Bertz CT molecular complexity index is 659. The third-order valence-electron chi connectivity index (χ3n) is 4.08. The Hall–Kier alpha value is -2.56. The fourth-order valence-electron chi connectivity index (χ4n) is 2.62. The van der Waals surface area contributed by atoms with E-state index in [-0.39, 0.29) is 5.91 Å². The lowest BCUT2D eigenvalue weighted by atomic mass is 10.1. The Morgan fingerprint density at radius 2 is 1.92 bits per heavy atom. The van der Waals surface area contributed by atoms with Gasteiger partial charge in [-0.05, 0) is 55.2 Å². The Morgan fingerprint density at radius 3 is 2.54 bits per heavy atom. The first kappa shape index (κ1) is 17.8. The first-order valence-corrected chi connectivity index (χ1v) is 8.23. The van der Waals surface area contributed by atoms with Crippen LogP contribution in [-0.2, 0) is 17.6 Å². The summed E-state index contributed by atoms with van der Waals surface area (Å²) in [6.07, 6.45) is 5.56. The van der Waals surface area contributed by atoms with E-state index < -0.39 is 0 Å². The molecule has 5 nitrogen and oxygen atoms in total. The van der Waals surface area contributed by atoms with E-state index in [2.05, 4.69) is 4.98 Å². The smallest absolute Gasteiger partial charge is 0.222 e. The number of amides is 1. The molecule has 0 aliphatic heterocycles. The van der Waals surface area contributed by atoms with Crippen LogP contribution in [0.25, 0.3) is 0 Å². The third kappa shape index (κ3) is 4.98. The van der Waals surface area contributed by atoms with Crippen molar-refractivity contribution in [3.05, 3.63) is 53.9 Å². The van der Waals surface area contributed by atoms with Crippen molar-refractivity contribution in [3.8, 4) is 5.75 Å². The Balaban J connectivity index is 1.86. The van der Waals surface area contributed by atoms with E-state index in [1.807, 2.05) is 42.2 Å². The molecule has 0 radical (unpaired) electrons. The fraction of sp³-hybridized carbons (Fsp3) is 0.368. The average molecular weight is 327 g/mol. The third-order valence-corrected chi connectivity index (χ3v) is 4.08. The molecule has 1 amide bonds. The van der Waals surface area contributed by atoms with Crippen LogP contribution in [0.4, 0.5) is 5.69 Å². The molecule has 0 unspecified atom stereocenters. The molecule has 2 aromatic rings. The van der Waals surface area contributed by atoms with Crippen molar-refractivity contribution >= 4 is 11.6 Å². The summed E-state index contributed by atoms with van der Waals surface area (Å²) in [5.74, 6) is 0.832. The number of likely N-dealkylation sites (N-methyl/N-ethyl adjacent to an activating group) is 1. The van der Waals surface area contributed by atoms with Gasteiger partial charge in [0.15, 0.2) is 0 Å². The molecule has 0 spiro atoms. The number of nitrogen functional groups attached to an aromatic ring is 1. The van der Waals surface area contributed by atoms with Crippen LogP contribution in [0.15, 0.2) is 42.7 Å². The van der Waals surface area contributed by atoms with Crippen molar-refractivity contribution in [2.24, 2.45) is 0 Å². The second kappa shape index (κ2) is 8.91. The second-order valence-corrected chi connectivity index (χ2v) is 5.66. The van der Waals surface area contributed by atoms with Gasteiger partial charge in [-0.1, -0.05) is 6.07 Å². The summed E-state index contributed by atoms with van der Waals surface area (Å²) in [6, 6.07) is 9.64. The van der Waals surface area contributed by atoms with E-state index >= 15 is 0 Å². The summed E-state index contributed by atoms with van der Waals surface area (Å²) in [5, 5.41) is 0. The monoisotopic (exact) mass is 327 g/mol. The second-order valence-electron chi connectivity index (χ2n) is 5.66. The van der Waals surface area contributed by atoms with E-state index in [1.54, 1.807) is 19.5 Å². The number of anilines is 1. The number of hydrogen-bond acceptors (Lipinski definition) is 4. The van der Waals surface area contributed by atoms with Crippen molar-refractivity contribution in [3.63, 3.8) is 0 Å². The van der Waals surface area contributed by atoms with Gasteiger partial charge in [-0.3, -0.25) is 9.78 Å². The van der Waals surface area contributed by atoms with Gasteiger partial charge in [0.2, 0.25) is 5.91 Å². The van der Waals surface area contributed by atoms with Crippen LogP contribution in [0.3, 0.4) is 0 Å². The topological polar surface area (TPSA) is 68.5 Å². The molecule has 128 valence electrons. The first-order chi connectivity index (χ1) is 11.6. The standard InChI is InChI=1S/C19H25N3O2/c1-3-22(13-10-15-8-11-21-12-9-15)19(23)7-5-16-4-6-18(24-2)17(20)14-16/h4,6,8-9,11-12,14H,3,5,7,10,13,20H2,1-2H3. The fourth-order valence-corrected chi connectivity index (χ4v) is 2.62. The number of hydrogen-bond donors (Lipinski definition) is 1. The van der Waals surface area contributed by atoms with Gasteiger partial charge >= 0.3 is 0 Å². The zero-order chi connectivity index (χ0) is 17.4. The maximum absolute atomic E-state index is 12.4. The largest absolute Gasteiger partial charge is 0.495 e. The molecule has 2 N–H and O–H groups in total. The molecule has 1 aromatic heterocycles. The van der Waals surface area contributed by atoms with Gasteiger partial charge in [0, 0.05) is 31.9 Å². The normalized spacial score (nSPS) is 10.4. The Kier molecular flexibility index (Phi) is 6.61. The molecule has 1 aromatic carbocycles. The summed E-state index contributed by atoms with van der Waals surface area (Å²) in [4.78, 5) is 18.3. The van der Waals surface area contributed by atoms with Crippen LogP contribution in [0.1, 0.15) is 24.5 Å². The number of carbonyl (C=O) groups is 1. The number of nitrogens with zero attached hydrogens (tertiary/aromatic N) is 2. The van der Waals surface area contributed by atoms with Gasteiger partial charge in [0.25, 0.3) is 0 Å². The van der Waals surface area contributed by atoms with Gasteiger partial charge < -0.3 is 15.4 Å². The van der Waals surface area contributed by atoms with Crippen molar-refractivity contribution < 1.29 is 9.53 Å². The molecule has 0 aliphatic rings. The van der Waals surface area contributed by atoms with Gasteiger partial charge in [-0.25, -0.2) is 0 Å². The quantitative estimate of drug-likeness (QED) is 0.757. The molecule has 0 saturated heterocycles. The minimum Gasteiger partial charge on any atom is -0.495 e. The number of aromatic nitrogens is 1. The zero-order valence-electron chi connectivity index (χ0n) is 14.4. The van der Waals surface area contributed by atoms with Gasteiger partial charge in [-0.2, -0.15) is 0 Å². The van der Waals surface area contributed by atoms with E-state index in [9.17, 15) is 4.79 Å². The van der Waals surface area contributed by atoms with Crippen molar-refractivity contribution in [2.75, 3.05) is 25.9 Å². The highest BCUT2D eigenvalue weighted by atomic mass is 16.5. The predicted molar refractivity (Wildman–Crippen MR) is 95.9 cm³/mol. The number of methoxy groups -OCH3 is 1. The maximum atomic E-state index is 12.4. The SMILES string of the molecule is CCN(CCc1ccncc1)C(=O)CCc1ccc(OC)c(N)c1. The van der Waals surface area contributed by atoms with Crippen LogP contribution in [-0.4, -0.2) is 36.0 Å². The lowest BCUT2D eigenvalue weighted by molar-refractivity contribution is -0.130. The Morgan fingerprint density at radius 1 is 1.17 bits per heavy atom. The molecule has 0 atom stereocenters. The van der Waals surface area contributed by atoms with Crippen LogP contribution < -0.4 is 10.5 Å². The molecule has 0 aliphatic carbocycles. The number of benzene rings is 1. The zero-order valence-corrected chi connectivity index (χ0v) is 14.4. The highest BCUT2D eigenvalue weighted by Crippen LogP contribution is 2.22. The maximum Gasteiger partial charge on any atom is 0.222 e. The van der Waals surface area contributed by atoms with Gasteiger partial charge in [0.05, 0.1) is 12.8 Å². The minimum atomic E-state index is 0.168. The van der Waals surface area contributed by atoms with Crippen molar-refractivity contribution in [2.45, 2.75) is 26.2 Å². The molecular formula is C19H25N3O2. The minimum absolute atomic E-state index is 0.168. The lowest BCUT2D eigenvalue weighted by Crippen LogP contribution is -2.32.